The molecule has 0 fully saturated rings. The van der Waals surface area contributed by atoms with E-state index in [4.69, 9.17) is 4.99 Å². The molecular weight excluding hydrogens is 390 g/mol. The number of aliphatic imine (C=N–C) groups is 1. The quantitative estimate of drug-likeness (QED) is 0.327. The Labute approximate surface area is 181 Å². The molecule has 0 atom stereocenters. The summed E-state index contributed by atoms with van der Waals surface area (Å²) in [6, 6.07) is 18.0. The molecule has 0 aliphatic carbocycles. The summed E-state index contributed by atoms with van der Waals surface area (Å²) in [6.45, 7) is 4.89. The summed E-state index contributed by atoms with van der Waals surface area (Å²) in [5, 5.41) is 1.28. The van der Waals surface area contributed by atoms with Crippen molar-refractivity contribution in [3.05, 3.63) is 106 Å². The van der Waals surface area contributed by atoms with Crippen LogP contribution >= 0.6 is 0 Å². The molecule has 0 spiro atoms. The van der Waals surface area contributed by atoms with E-state index < -0.39 is 5.82 Å². The highest BCUT2D eigenvalue weighted by Gasteiger charge is 2.07. The van der Waals surface area contributed by atoms with Crippen LogP contribution in [0.3, 0.4) is 0 Å². The smallest absolute Gasteiger partial charge is 0.126 e. The van der Waals surface area contributed by atoms with E-state index in [1.54, 1.807) is 0 Å². The molecule has 0 unspecified atom stereocenters. The number of aromatic amines is 1. The first-order valence-electron chi connectivity index (χ1n) is 10.7. The van der Waals surface area contributed by atoms with Gasteiger partial charge in [0.15, 0.2) is 0 Å². The number of hydrogen-bond donors (Lipinski definition) is 1. The van der Waals surface area contributed by atoms with Gasteiger partial charge in [-0.3, -0.25) is 4.99 Å². The van der Waals surface area contributed by atoms with Gasteiger partial charge in [0, 0.05) is 35.8 Å². The molecule has 0 amide bonds. The number of rotatable bonds is 7. The summed E-state index contributed by atoms with van der Waals surface area (Å²) >= 11 is 0. The van der Waals surface area contributed by atoms with Crippen LogP contribution in [-0.4, -0.2) is 17.2 Å². The first-order valence-corrected chi connectivity index (χ1v) is 10.7. The fourth-order valence-electron chi connectivity index (χ4n) is 3.85. The SMILES string of the molecule is CCc1ccc2[nH]cc(CCN=C(C)c3ccc(Cc4cc(F)ccc4F)cc3)c2c1. The van der Waals surface area contributed by atoms with Crippen LogP contribution in [-0.2, 0) is 19.3 Å². The summed E-state index contributed by atoms with van der Waals surface area (Å²) in [5.41, 5.74) is 7.10. The molecule has 31 heavy (non-hydrogen) atoms. The lowest BCUT2D eigenvalue weighted by Gasteiger charge is -2.06. The highest BCUT2D eigenvalue weighted by molar-refractivity contribution is 5.98. The van der Waals surface area contributed by atoms with Crippen molar-refractivity contribution >= 4 is 16.6 Å². The van der Waals surface area contributed by atoms with Gasteiger partial charge in [0.2, 0.25) is 0 Å². The van der Waals surface area contributed by atoms with Crippen LogP contribution < -0.4 is 0 Å². The Morgan fingerprint density at radius 1 is 0.903 bits per heavy atom. The average Bonchev–Trinajstić information content (AvgIpc) is 3.19. The molecule has 1 aromatic heterocycles. The van der Waals surface area contributed by atoms with Crippen LogP contribution in [0.2, 0.25) is 0 Å². The Kier molecular flexibility index (Phi) is 6.26. The number of halogens is 2. The fourth-order valence-corrected chi connectivity index (χ4v) is 3.85. The van der Waals surface area contributed by atoms with Crippen molar-refractivity contribution in [2.24, 2.45) is 4.99 Å². The number of benzene rings is 3. The fraction of sp³-hybridized carbons (Fsp3) is 0.222. The maximum atomic E-state index is 13.9. The third-order valence-electron chi connectivity index (χ3n) is 5.74. The van der Waals surface area contributed by atoms with E-state index >= 15 is 0 Å². The molecule has 3 aromatic carbocycles. The third kappa shape index (κ3) is 4.91. The average molecular weight is 417 g/mol. The van der Waals surface area contributed by atoms with Gasteiger partial charge < -0.3 is 4.98 Å². The maximum absolute atomic E-state index is 13.9. The number of aryl methyl sites for hydroxylation is 1. The molecule has 0 saturated carbocycles. The standard InChI is InChI=1S/C27H26F2N2/c1-3-19-6-11-27-25(15-19)22(17-31-27)12-13-30-18(2)21-7-4-20(5-8-21)14-23-16-24(28)9-10-26(23)29/h4-11,15-17,31H,3,12-14H2,1-2H3. The second-order valence-corrected chi connectivity index (χ2v) is 7.87. The van der Waals surface area contributed by atoms with E-state index in [-0.39, 0.29) is 5.82 Å². The van der Waals surface area contributed by atoms with E-state index in [9.17, 15) is 8.78 Å². The molecule has 0 aliphatic heterocycles. The lowest BCUT2D eigenvalue weighted by molar-refractivity contribution is 0.588. The molecule has 4 heteroatoms. The molecular formula is C27H26F2N2. The van der Waals surface area contributed by atoms with Crippen LogP contribution in [0.4, 0.5) is 8.78 Å². The van der Waals surface area contributed by atoms with E-state index in [0.717, 1.165) is 35.7 Å². The molecule has 0 bridgehead atoms. The van der Waals surface area contributed by atoms with Crippen molar-refractivity contribution in [2.45, 2.75) is 33.1 Å². The van der Waals surface area contributed by atoms with Gasteiger partial charge in [0.1, 0.15) is 11.6 Å². The van der Waals surface area contributed by atoms with Crippen LogP contribution in [0.5, 0.6) is 0 Å². The van der Waals surface area contributed by atoms with Crippen molar-refractivity contribution in [1.82, 2.24) is 4.98 Å². The summed E-state index contributed by atoms with van der Waals surface area (Å²) in [5.74, 6) is -0.802. The number of H-pyrrole nitrogens is 1. The largest absolute Gasteiger partial charge is 0.361 e. The molecule has 4 aromatic rings. The molecule has 0 aliphatic rings. The molecule has 0 saturated heterocycles. The first-order chi connectivity index (χ1) is 15.0. The minimum absolute atomic E-state index is 0.361. The van der Waals surface area contributed by atoms with Gasteiger partial charge in [0.25, 0.3) is 0 Å². The van der Waals surface area contributed by atoms with E-state index in [0.29, 0.717) is 18.5 Å². The van der Waals surface area contributed by atoms with E-state index in [1.807, 2.05) is 31.2 Å². The zero-order valence-corrected chi connectivity index (χ0v) is 17.9. The van der Waals surface area contributed by atoms with Gasteiger partial charge in [-0.15, -0.1) is 0 Å². The minimum atomic E-state index is -0.419. The monoisotopic (exact) mass is 416 g/mol. The summed E-state index contributed by atoms with van der Waals surface area (Å²) in [4.78, 5) is 8.10. The van der Waals surface area contributed by atoms with Gasteiger partial charge in [0.05, 0.1) is 0 Å². The van der Waals surface area contributed by atoms with Crippen molar-refractivity contribution in [2.75, 3.05) is 6.54 Å². The number of fused-ring (bicyclic) bond motifs is 1. The highest BCUT2D eigenvalue weighted by atomic mass is 19.1. The molecule has 0 radical (unpaired) electrons. The predicted octanol–water partition coefficient (Wildman–Crippen LogP) is 6.65. The van der Waals surface area contributed by atoms with E-state index in [1.165, 1.54) is 34.2 Å². The molecule has 1 N–H and O–H groups in total. The normalized spacial score (nSPS) is 11.9. The van der Waals surface area contributed by atoms with Gasteiger partial charge >= 0.3 is 0 Å². The first kappa shape index (κ1) is 21.0. The van der Waals surface area contributed by atoms with Gasteiger partial charge in [-0.1, -0.05) is 37.3 Å². The number of aromatic nitrogens is 1. The molecule has 2 nitrogen and oxygen atoms in total. The number of hydrogen-bond acceptors (Lipinski definition) is 1. The topological polar surface area (TPSA) is 28.1 Å². The van der Waals surface area contributed by atoms with Crippen molar-refractivity contribution in [1.29, 1.82) is 0 Å². The second-order valence-electron chi connectivity index (χ2n) is 7.87. The van der Waals surface area contributed by atoms with Gasteiger partial charge in [-0.2, -0.15) is 0 Å². The van der Waals surface area contributed by atoms with E-state index in [2.05, 4.69) is 36.3 Å². The van der Waals surface area contributed by atoms with Crippen molar-refractivity contribution in [3.63, 3.8) is 0 Å². The summed E-state index contributed by atoms with van der Waals surface area (Å²) in [7, 11) is 0. The molecule has 4 rings (SSSR count). The Morgan fingerprint density at radius 2 is 1.68 bits per heavy atom. The Bertz CT molecular complexity index is 1220. The third-order valence-corrected chi connectivity index (χ3v) is 5.74. The molecule has 158 valence electrons. The van der Waals surface area contributed by atoms with Gasteiger partial charge in [-0.05, 0) is 77.9 Å². The van der Waals surface area contributed by atoms with Crippen LogP contribution in [0, 0.1) is 11.6 Å². The zero-order valence-electron chi connectivity index (χ0n) is 17.9. The number of nitrogens with zero attached hydrogens (tertiary/aromatic N) is 1. The van der Waals surface area contributed by atoms with Crippen LogP contribution in [0.1, 0.15) is 41.7 Å². The van der Waals surface area contributed by atoms with Crippen molar-refractivity contribution in [3.8, 4) is 0 Å². The van der Waals surface area contributed by atoms with Crippen LogP contribution in [0.15, 0.2) is 71.9 Å². The summed E-state index contributed by atoms with van der Waals surface area (Å²) in [6.07, 6.45) is 4.34. The maximum Gasteiger partial charge on any atom is 0.126 e. The number of nitrogens with one attached hydrogen (secondary N) is 1. The summed E-state index contributed by atoms with van der Waals surface area (Å²) < 4.78 is 27.3. The Balaban J connectivity index is 1.41. The minimum Gasteiger partial charge on any atom is -0.361 e. The lowest BCUT2D eigenvalue weighted by atomic mass is 10.0. The Morgan fingerprint density at radius 3 is 2.45 bits per heavy atom. The predicted molar refractivity (Wildman–Crippen MR) is 124 cm³/mol. The second kappa shape index (κ2) is 9.25. The molecule has 1 heterocycles. The Hall–Kier alpha value is -3.27. The van der Waals surface area contributed by atoms with Gasteiger partial charge in [-0.25, -0.2) is 8.78 Å². The highest BCUT2D eigenvalue weighted by Crippen LogP contribution is 2.21. The van der Waals surface area contributed by atoms with Crippen molar-refractivity contribution < 1.29 is 8.78 Å². The zero-order chi connectivity index (χ0) is 21.8. The lowest BCUT2D eigenvalue weighted by Crippen LogP contribution is -1.99. The van der Waals surface area contributed by atoms with Crippen LogP contribution in [0.25, 0.3) is 10.9 Å².